The van der Waals surface area contributed by atoms with Gasteiger partial charge >= 0.3 is 18.0 Å². The minimum atomic E-state index is -4.87. The molecule has 0 aliphatic carbocycles. The standard InChI is InChI=1S/C24H20F7N3O4/c25-16-3-1-2-15(23(26,27)28)14(16)11-34-17-12-37-22(19(17)20(35)32-21(34)36)6-8-33(9-7-22)10-13-4-5-18(38-13)24(29,30)31/h1-5H,6-12H2,(H,32,35,36). The molecular formula is C24H20F7N3O4. The summed E-state index contributed by atoms with van der Waals surface area (Å²) >= 11 is 0. The zero-order chi connectivity index (χ0) is 27.5. The highest BCUT2D eigenvalue weighted by Gasteiger charge is 2.47. The van der Waals surface area contributed by atoms with Crippen molar-refractivity contribution in [3.05, 3.63) is 90.9 Å². The molecule has 2 aliphatic heterocycles. The molecule has 1 saturated heterocycles. The van der Waals surface area contributed by atoms with Gasteiger partial charge in [-0.15, -0.1) is 0 Å². The highest BCUT2D eigenvalue weighted by molar-refractivity contribution is 5.34. The normalized spacial score (nSPS) is 17.8. The van der Waals surface area contributed by atoms with E-state index in [1.165, 1.54) is 6.07 Å². The van der Waals surface area contributed by atoms with Crippen LogP contribution < -0.4 is 11.2 Å². The molecule has 1 fully saturated rings. The van der Waals surface area contributed by atoms with Crippen LogP contribution in [0.25, 0.3) is 0 Å². The molecule has 38 heavy (non-hydrogen) atoms. The number of fused-ring (bicyclic) bond motifs is 2. The molecule has 0 saturated carbocycles. The minimum Gasteiger partial charge on any atom is -0.455 e. The van der Waals surface area contributed by atoms with Crippen molar-refractivity contribution >= 4 is 0 Å². The molecule has 0 atom stereocenters. The number of hydrogen-bond acceptors (Lipinski definition) is 5. The summed E-state index contributed by atoms with van der Waals surface area (Å²) in [5.74, 6) is -2.15. The van der Waals surface area contributed by atoms with Crippen LogP contribution in [0, 0.1) is 5.82 Å². The van der Waals surface area contributed by atoms with Crippen LogP contribution in [0.2, 0.25) is 0 Å². The van der Waals surface area contributed by atoms with Crippen molar-refractivity contribution < 1.29 is 39.9 Å². The summed E-state index contributed by atoms with van der Waals surface area (Å²) in [5.41, 5.74) is -4.75. The molecule has 204 valence electrons. The zero-order valence-electron chi connectivity index (χ0n) is 19.5. The fourth-order valence-corrected chi connectivity index (χ4v) is 5.13. The van der Waals surface area contributed by atoms with Crippen molar-refractivity contribution in [3.8, 4) is 0 Å². The van der Waals surface area contributed by atoms with E-state index in [0.29, 0.717) is 19.2 Å². The Morgan fingerprint density at radius 2 is 1.66 bits per heavy atom. The predicted octanol–water partition coefficient (Wildman–Crippen LogP) is 4.38. The van der Waals surface area contributed by atoms with Gasteiger partial charge < -0.3 is 9.15 Å². The second-order valence-corrected chi connectivity index (χ2v) is 9.25. The van der Waals surface area contributed by atoms with Crippen LogP contribution in [-0.4, -0.2) is 27.5 Å². The number of benzene rings is 1. The van der Waals surface area contributed by atoms with Gasteiger partial charge in [-0.05, 0) is 37.1 Å². The predicted molar refractivity (Wildman–Crippen MR) is 117 cm³/mol. The Morgan fingerprint density at radius 3 is 2.29 bits per heavy atom. The molecule has 14 heteroatoms. The number of aromatic amines is 1. The van der Waals surface area contributed by atoms with Crippen LogP contribution in [-0.2, 0) is 42.4 Å². The first-order chi connectivity index (χ1) is 17.8. The molecule has 0 radical (unpaired) electrons. The molecule has 3 aromatic rings. The number of likely N-dealkylation sites (tertiary alicyclic amines) is 1. The van der Waals surface area contributed by atoms with Gasteiger partial charge in [0.15, 0.2) is 0 Å². The largest absolute Gasteiger partial charge is 0.455 e. The first-order valence-corrected chi connectivity index (χ1v) is 11.5. The summed E-state index contributed by atoms with van der Waals surface area (Å²) in [6, 6.07) is 4.55. The lowest BCUT2D eigenvalue weighted by molar-refractivity contribution is -0.153. The Bertz CT molecular complexity index is 1480. The van der Waals surface area contributed by atoms with Crippen molar-refractivity contribution in [3.63, 3.8) is 0 Å². The van der Waals surface area contributed by atoms with Gasteiger partial charge in [-0.3, -0.25) is 19.2 Å². The Kier molecular flexibility index (Phi) is 6.29. The first kappa shape index (κ1) is 26.2. The lowest BCUT2D eigenvalue weighted by atomic mass is 9.85. The second-order valence-electron chi connectivity index (χ2n) is 9.25. The van der Waals surface area contributed by atoms with Crippen LogP contribution in [0.5, 0.6) is 0 Å². The topological polar surface area (TPSA) is 80.5 Å². The maximum absolute atomic E-state index is 14.5. The van der Waals surface area contributed by atoms with E-state index in [2.05, 4.69) is 4.98 Å². The number of alkyl halides is 6. The van der Waals surface area contributed by atoms with Crippen molar-refractivity contribution in [2.24, 2.45) is 0 Å². The second kappa shape index (κ2) is 9.12. The third-order valence-corrected chi connectivity index (χ3v) is 6.97. The van der Waals surface area contributed by atoms with Gasteiger partial charge in [0.25, 0.3) is 5.56 Å². The average Bonchev–Trinajstić information content (AvgIpc) is 3.44. The molecule has 7 nitrogen and oxygen atoms in total. The van der Waals surface area contributed by atoms with Crippen LogP contribution >= 0.6 is 0 Å². The van der Waals surface area contributed by atoms with E-state index >= 15 is 0 Å². The van der Waals surface area contributed by atoms with Gasteiger partial charge in [0, 0.05) is 18.7 Å². The number of furan rings is 1. The van der Waals surface area contributed by atoms with Gasteiger partial charge in [-0.25, -0.2) is 9.18 Å². The number of ether oxygens (including phenoxy) is 1. The molecular weight excluding hydrogens is 527 g/mol. The SMILES string of the molecule is O=c1[nH]c(=O)n(Cc2c(F)cccc2C(F)(F)F)c2c1C1(CCN(Cc3ccc(C(F)(F)F)o3)CC1)OC2. The molecule has 5 rings (SSSR count). The summed E-state index contributed by atoms with van der Waals surface area (Å²) in [6.07, 6.45) is -9.03. The third kappa shape index (κ3) is 4.66. The fourth-order valence-electron chi connectivity index (χ4n) is 5.13. The molecule has 4 heterocycles. The third-order valence-electron chi connectivity index (χ3n) is 6.97. The molecule has 1 spiro atoms. The van der Waals surface area contributed by atoms with E-state index in [1.54, 1.807) is 0 Å². The lowest BCUT2D eigenvalue weighted by Gasteiger charge is -2.38. The average molecular weight is 547 g/mol. The molecule has 0 unspecified atom stereocenters. The molecule has 0 amide bonds. The number of nitrogens with zero attached hydrogens (tertiary/aromatic N) is 2. The van der Waals surface area contributed by atoms with Gasteiger partial charge in [-0.1, -0.05) is 6.07 Å². The lowest BCUT2D eigenvalue weighted by Crippen LogP contribution is -2.45. The van der Waals surface area contributed by atoms with Crippen LogP contribution in [0.3, 0.4) is 0 Å². The van der Waals surface area contributed by atoms with Crippen LogP contribution in [0.1, 0.15) is 46.7 Å². The van der Waals surface area contributed by atoms with Crippen molar-refractivity contribution in [1.29, 1.82) is 0 Å². The number of piperidine rings is 1. The number of nitrogens with one attached hydrogen (secondary N) is 1. The zero-order valence-corrected chi connectivity index (χ0v) is 19.5. The Morgan fingerprint density at radius 1 is 0.947 bits per heavy atom. The summed E-state index contributed by atoms with van der Waals surface area (Å²) < 4.78 is 105. The fraction of sp³-hybridized carbons (Fsp3) is 0.417. The Balaban J connectivity index is 1.41. The van der Waals surface area contributed by atoms with Gasteiger partial charge in [0.1, 0.15) is 17.2 Å². The maximum Gasteiger partial charge on any atom is 0.449 e. The summed E-state index contributed by atoms with van der Waals surface area (Å²) in [4.78, 5) is 29.4. The van der Waals surface area contributed by atoms with E-state index in [1.807, 2.05) is 4.90 Å². The summed E-state index contributed by atoms with van der Waals surface area (Å²) in [5, 5.41) is 0. The quantitative estimate of drug-likeness (QED) is 0.491. The molecule has 1 aromatic carbocycles. The molecule has 0 bridgehead atoms. The highest BCUT2D eigenvalue weighted by Crippen LogP contribution is 2.43. The van der Waals surface area contributed by atoms with Gasteiger partial charge in [0.05, 0.1) is 36.5 Å². The van der Waals surface area contributed by atoms with E-state index in [4.69, 9.17) is 9.15 Å². The van der Waals surface area contributed by atoms with Gasteiger partial charge in [-0.2, -0.15) is 26.3 Å². The van der Waals surface area contributed by atoms with E-state index in [9.17, 15) is 40.3 Å². The van der Waals surface area contributed by atoms with E-state index in [0.717, 1.165) is 22.8 Å². The number of aromatic nitrogens is 2. The van der Waals surface area contributed by atoms with Crippen LogP contribution in [0.4, 0.5) is 30.7 Å². The molecule has 1 N–H and O–H groups in total. The van der Waals surface area contributed by atoms with Gasteiger partial charge in [0.2, 0.25) is 5.76 Å². The molecule has 2 aliphatic rings. The van der Waals surface area contributed by atoms with E-state index in [-0.39, 0.29) is 43.0 Å². The molecule has 2 aromatic heterocycles. The number of rotatable bonds is 4. The van der Waals surface area contributed by atoms with Crippen molar-refractivity contribution in [1.82, 2.24) is 14.5 Å². The summed E-state index contributed by atoms with van der Waals surface area (Å²) in [7, 11) is 0. The Labute approximate surface area is 209 Å². The van der Waals surface area contributed by atoms with Crippen molar-refractivity contribution in [2.75, 3.05) is 13.1 Å². The maximum atomic E-state index is 14.5. The Hall–Kier alpha value is -3.39. The smallest absolute Gasteiger partial charge is 0.449 e. The monoisotopic (exact) mass is 547 g/mol. The van der Waals surface area contributed by atoms with Crippen LogP contribution in [0.15, 0.2) is 44.3 Å². The number of H-pyrrole nitrogens is 1. The number of halogens is 7. The minimum absolute atomic E-state index is 0.0597. The first-order valence-electron chi connectivity index (χ1n) is 11.5. The summed E-state index contributed by atoms with van der Waals surface area (Å²) in [6.45, 7) is -0.345. The number of hydrogen-bond donors (Lipinski definition) is 1. The van der Waals surface area contributed by atoms with E-state index < -0.39 is 58.5 Å². The highest BCUT2D eigenvalue weighted by atomic mass is 19.4. The van der Waals surface area contributed by atoms with Crippen molar-refractivity contribution in [2.45, 2.75) is 50.5 Å².